The molecule has 1 amide bonds. The van der Waals surface area contributed by atoms with E-state index >= 15 is 0 Å². The van der Waals surface area contributed by atoms with Crippen molar-refractivity contribution in [3.8, 4) is 0 Å². The molecule has 0 radical (unpaired) electrons. The Kier molecular flexibility index (Phi) is 5.43. The number of nitrogens with one attached hydrogen (secondary N) is 1. The molecule has 0 bridgehead atoms. The van der Waals surface area contributed by atoms with E-state index in [2.05, 4.69) is 33.1 Å². The quantitative estimate of drug-likeness (QED) is 0.829. The Hall–Kier alpha value is -1.07. The van der Waals surface area contributed by atoms with Crippen LogP contribution in [-0.2, 0) is 0 Å². The third-order valence-corrected chi connectivity index (χ3v) is 4.31. The van der Waals surface area contributed by atoms with Crippen LogP contribution in [0, 0.1) is 0 Å². The largest absolute Gasteiger partial charge is 0.398 e. The summed E-state index contributed by atoms with van der Waals surface area (Å²) in [6, 6.07) is 5.41. The van der Waals surface area contributed by atoms with Crippen molar-refractivity contribution >= 4 is 27.5 Å². The van der Waals surface area contributed by atoms with Gasteiger partial charge in [0.05, 0.1) is 0 Å². The Morgan fingerprint density at radius 2 is 2.10 bits per heavy atom. The standard InChI is InChI=1S/C15H22BrN3O/c1-11(10-19-7-3-2-4-8-19)18-15(20)12-5-6-14(17)13(16)9-12/h5-6,9,11H,2-4,7-8,10,17H2,1H3,(H,18,20). The second-order valence-electron chi connectivity index (χ2n) is 5.47. The maximum absolute atomic E-state index is 12.2. The van der Waals surface area contributed by atoms with Gasteiger partial charge in [-0.25, -0.2) is 0 Å². The summed E-state index contributed by atoms with van der Waals surface area (Å²) in [5.41, 5.74) is 7.01. The van der Waals surface area contributed by atoms with Crippen LogP contribution < -0.4 is 11.1 Å². The minimum Gasteiger partial charge on any atom is -0.398 e. The minimum absolute atomic E-state index is 0.0461. The highest BCUT2D eigenvalue weighted by Crippen LogP contribution is 2.20. The molecule has 1 fully saturated rings. The van der Waals surface area contributed by atoms with Crippen LogP contribution in [0.15, 0.2) is 22.7 Å². The Labute approximate surface area is 128 Å². The first-order valence-electron chi connectivity index (χ1n) is 7.14. The predicted molar refractivity (Wildman–Crippen MR) is 85.8 cm³/mol. The van der Waals surface area contributed by atoms with E-state index in [4.69, 9.17) is 5.73 Å². The SMILES string of the molecule is CC(CN1CCCCC1)NC(=O)c1ccc(N)c(Br)c1. The number of nitrogens with two attached hydrogens (primary N) is 1. The minimum atomic E-state index is -0.0461. The van der Waals surface area contributed by atoms with Gasteiger partial charge in [-0.05, 0) is 67.0 Å². The number of benzene rings is 1. The highest BCUT2D eigenvalue weighted by Gasteiger charge is 2.16. The van der Waals surface area contributed by atoms with Crippen LogP contribution in [-0.4, -0.2) is 36.5 Å². The van der Waals surface area contributed by atoms with Crippen molar-refractivity contribution in [2.45, 2.75) is 32.2 Å². The van der Waals surface area contributed by atoms with Crippen LogP contribution in [0.25, 0.3) is 0 Å². The van der Waals surface area contributed by atoms with E-state index in [0.717, 1.165) is 24.1 Å². The molecule has 1 aromatic rings. The first kappa shape index (κ1) is 15.3. The molecule has 1 atom stereocenters. The fourth-order valence-electron chi connectivity index (χ4n) is 2.55. The molecular weight excluding hydrogens is 318 g/mol. The predicted octanol–water partition coefficient (Wildman–Crippen LogP) is 2.64. The van der Waals surface area contributed by atoms with Crippen molar-refractivity contribution in [2.75, 3.05) is 25.4 Å². The Balaban J connectivity index is 1.87. The molecule has 2 rings (SSSR count). The van der Waals surface area contributed by atoms with E-state index in [1.165, 1.54) is 19.3 Å². The molecule has 1 unspecified atom stereocenters. The smallest absolute Gasteiger partial charge is 0.251 e. The topological polar surface area (TPSA) is 58.4 Å². The Bertz CT molecular complexity index is 472. The molecule has 5 heteroatoms. The van der Waals surface area contributed by atoms with Crippen LogP contribution >= 0.6 is 15.9 Å². The molecule has 0 aliphatic carbocycles. The number of piperidine rings is 1. The number of carbonyl (C=O) groups excluding carboxylic acids is 1. The highest BCUT2D eigenvalue weighted by atomic mass is 79.9. The normalized spacial score (nSPS) is 17.7. The summed E-state index contributed by atoms with van der Waals surface area (Å²) in [6.45, 7) is 5.27. The van der Waals surface area contributed by atoms with Gasteiger partial charge in [-0.2, -0.15) is 0 Å². The van der Waals surface area contributed by atoms with Gasteiger partial charge in [-0.3, -0.25) is 4.79 Å². The van der Waals surface area contributed by atoms with Crippen molar-refractivity contribution in [1.82, 2.24) is 10.2 Å². The molecule has 110 valence electrons. The Morgan fingerprint density at radius 1 is 1.40 bits per heavy atom. The zero-order valence-electron chi connectivity index (χ0n) is 11.9. The van der Waals surface area contributed by atoms with Gasteiger partial charge in [0.2, 0.25) is 0 Å². The molecule has 0 aromatic heterocycles. The summed E-state index contributed by atoms with van der Waals surface area (Å²) >= 11 is 3.35. The maximum Gasteiger partial charge on any atom is 0.251 e. The second kappa shape index (κ2) is 7.09. The molecule has 0 saturated carbocycles. The molecule has 1 saturated heterocycles. The fraction of sp³-hybridized carbons (Fsp3) is 0.533. The zero-order chi connectivity index (χ0) is 14.5. The van der Waals surface area contributed by atoms with Crippen LogP contribution in [0.2, 0.25) is 0 Å². The highest BCUT2D eigenvalue weighted by molar-refractivity contribution is 9.10. The van der Waals surface area contributed by atoms with Gasteiger partial charge in [-0.15, -0.1) is 0 Å². The summed E-state index contributed by atoms with van der Waals surface area (Å²) in [4.78, 5) is 14.6. The van der Waals surface area contributed by atoms with Crippen molar-refractivity contribution in [2.24, 2.45) is 0 Å². The molecule has 20 heavy (non-hydrogen) atoms. The van der Waals surface area contributed by atoms with Crippen LogP contribution in [0.4, 0.5) is 5.69 Å². The third-order valence-electron chi connectivity index (χ3n) is 3.62. The fourth-order valence-corrected chi connectivity index (χ4v) is 2.93. The average molecular weight is 340 g/mol. The van der Waals surface area contributed by atoms with Gasteiger partial charge in [0.25, 0.3) is 5.91 Å². The van der Waals surface area contributed by atoms with E-state index in [9.17, 15) is 4.79 Å². The van der Waals surface area contributed by atoms with E-state index in [1.54, 1.807) is 18.2 Å². The lowest BCUT2D eigenvalue weighted by Gasteiger charge is -2.29. The van der Waals surface area contributed by atoms with Crippen molar-refractivity contribution in [3.05, 3.63) is 28.2 Å². The first-order valence-corrected chi connectivity index (χ1v) is 7.94. The lowest BCUT2D eigenvalue weighted by Crippen LogP contribution is -2.43. The maximum atomic E-state index is 12.2. The first-order chi connectivity index (χ1) is 9.56. The molecule has 0 spiro atoms. The average Bonchev–Trinajstić information content (AvgIpc) is 2.42. The number of nitrogens with zero attached hydrogens (tertiary/aromatic N) is 1. The molecule has 1 aliphatic rings. The second-order valence-corrected chi connectivity index (χ2v) is 6.33. The molecule has 1 aliphatic heterocycles. The van der Waals surface area contributed by atoms with E-state index in [0.29, 0.717) is 11.3 Å². The monoisotopic (exact) mass is 339 g/mol. The summed E-state index contributed by atoms with van der Waals surface area (Å²) in [5.74, 6) is -0.0461. The van der Waals surface area contributed by atoms with Crippen LogP contribution in [0.5, 0.6) is 0 Å². The number of anilines is 1. The van der Waals surface area contributed by atoms with E-state index in [1.807, 2.05) is 0 Å². The van der Waals surface area contributed by atoms with Crippen LogP contribution in [0.1, 0.15) is 36.5 Å². The number of rotatable bonds is 4. The number of halogens is 1. The third kappa shape index (κ3) is 4.21. The molecule has 4 nitrogen and oxygen atoms in total. The van der Waals surface area contributed by atoms with Crippen LogP contribution in [0.3, 0.4) is 0 Å². The molecule has 1 heterocycles. The summed E-state index contributed by atoms with van der Waals surface area (Å²) < 4.78 is 0.758. The van der Waals surface area contributed by atoms with Crippen molar-refractivity contribution < 1.29 is 4.79 Å². The number of amides is 1. The van der Waals surface area contributed by atoms with Gasteiger partial charge in [-0.1, -0.05) is 6.42 Å². The molecule has 3 N–H and O–H groups in total. The van der Waals surface area contributed by atoms with Crippen molar-refractivity contribution in [1.29, 1.82) is 0 Å². The van der Waals surface area contributed by atoms with E-state index < -0.39 is 0 Å². The molecular formula is C15H22BrN3O. The van der Waals surface area contributed by atoms with Gasteiger partial charge < -0.3 is 16.0 Å². The molecule has 1 aromatic carbocycles. The lowest BCUT2D eigenvalue weighted by atomic mass is 10.1. The van der Waals surface area contributed by atoms with Gasteiger partial charge in [0.15, 0.2) is 0 Å². The number of carbonyl (C=O) groups is 1. The number of likely N-dealkylation sites (tertiary alicyclic amines) is 1. The summed E-state index contributed by atoms with van der Waals surface area (Å²) in [6.07, 6.45) is 3.87. The van der Waals surface area contributed by atoms with E-state index in [-0.39, 0.29) is 11.9 Å². The van der Waals surface area contributed by atoms with Gasteiger partial charge >= 0.3 is 0 Å². The summed E-state index contributed by atoms with van der Waals surface area (Å²) in [5, 5.41) is 3.05. The zero-order valence-corrected chi connectivity index (χ0v) is 13.4. The summed E-state index contributed by atoms with van der Waals surface area (Å²) in [7, 11) is 0. The lowest BCUT2D eigenvalue weighted by molar-refractivity contribution is 0.0925. The van der Waals surface area contributed by atoms with Gasteiger partial charge in [0, 0.05) is 28.3 Å². The number of hydrogen-bond acceptors (Lipinski definition) is 3. The number of hydrogen-bond donors (Lipinski definition) is 2. The number of nitrogen functional groups attached to an aromatic ring is 1. The van der Waals surface area contributed by atoms with Gasteiger partial charge in [0.1, 0.15) is 0 Å². The Morgan fingerprint density at radius 3 is 2.75 bits per heavy atom. The van der Waals surface area contributed by atoms with Crippen molar-refractivity contribution in [3.63, 3.8) is 0 Å².